The zero-order valence-electron chi connectivity index (χ0n) is 15.6. The van der Waals surface area contributed by atoms with Crippen LogP contribution in [0.15, 0.2) is 54.6 Å². The Balaban J connectivity index is 1.63. The molecule has 1 saturated heterocycles. The van der Waals surface area contributed by atoms with Gasteiger partial charge >= 0.3 is 0 Å². The van der Waals surface area contributed by atoms with Gasteiger partial charge in [0.15, 0.2) is 6.61 Å². The van der Waals surface area contributed by atoms with E-state index < -0.39 is 0 Å². The highest BCUT2D eigenvalue weighted by Crippen LogP contribution is 2.29. The highest BCUT2D eigenvalue weighted by Gasteiger charge is 2.25. The number of carbonyl (C=O) groups excluding carboxylic acids is 1. The number of benzene rings is 2. The molecule has 144 valence electrons. The molecular weight excluding hydrogens is 344 g/mol. The summed E-state index contributed by atoms with van der Waals surface area (Å²) in [7, 11) is 1.67. The molecule has 0 spiro atoms. The predicted octanol–water partition coefficient (Wildman–Crippen LogP) is 2.26. The Morgan fingerprint density at radius 2 is 1.81 bits per heavy atom. The first-order chi connectivity index (χ1) is 13.3. The summed E-state index contributed by atoms with van der Waals surface area (Å²) in [6.45, 7) is 3.49. The largest absolute Gasteiger partial charge is 0.496 e. The van der Waals surface area contributed by atoms with Gasteiger partial charge < -0.3 is 19.5 Å². The van der Waals surface area contributed by atoms with E-state index in [-0.39, 0.29) is 18.6 Å². The van der Waals surface area contributed by atoms with Crippen LogP contribution in [0.25, 0.3) is 0 Å². The van der Waals surface area contributed by atoms with Gasteiger partial charge in [0.05, 0.1) is 26.4 Å². The zero-order valence-corrected chi connectivity index (χ0v) is 15.6. The molecule has 2 aromatic carbocycles. The minimum Gasteiger partial charge on any atom is -0.496 e. The van der Waals surface area contributed by atoms with Crippen LogP contribution in [0.1, 0.15) is 11.6 Å². The molecule has 1 aliphatic rings. The Morgan fingerprint density at radius 3 is 2.56 bits per heavy atom. The Labute approximate surface area is 160 Å². The van der Waals surface area contributed by atoms with Crippen LogP contribution in [0, 0.1) is 0 Å². The molecule has 0 aromatic heterocycles. The normalized spacial score (nSPS) is 15.7. The van der Waals surface area contributed by atoms with Crippen LogP contribution in [0.3, 0.4) is 0 Å². The second-order valence-corrected chi connectivity index (χ2v) is 6.31. The number of amides is 1. The molecule has 6 nitrogen and oxygen atoms in total. The molecule has 1 atom stereocenters. The number of para-hydroxylation sites is 2. The molecule has 1 aliphatic heterocycles. The second kappa shape index (κ2) is 9.94. The van der Waals surface area contributed by atoms with Crippen molar-refractivity contribution in [2.45, 2.75) is 6.04 Å². The maximum absolute atomic E-state index is 12.3. The third-order valence-electron chi connectivity index (χ3n) is 4.59. The zero-order chi connectivity index (χ0) is 18.9. The van der Waals surface area contributed by atoms with Gasteiger partial charge in [-0.25, -0.2) is 0 Å². The Kier molecular flexibility index (Phi) is 7.07. The third-order valence-corrected chi connectivity index (χ3v) is 4.59. The molecule has 1 unspecified atom stereocenters. The van der Waals surface area contributed by atoms with Crippen molar-refractivity contribution in [3.8, 4) is 11.5 Å². The summed E-state index contributed by atoms with van der Waals surface area (Å²) in [5, 5.41) is 3.00. The van der Waals surface area contributed by atoms with Gasteiger partial charge in [0.25, 0.3) is 5.91 Å². The van der Waals surface area contributed by atoms with Gasteiger partial charge in [-0.05, 0) is 18.2 Å². The highest BCUT2D eigenvalue weighted by atomic mass is 16.5. The molecule has 1 heterocycles. The van der Waals surface area contributed by atoms with Crippen molar-refractivity contribution in [1.29, 1.82) is 0 Å². The molecule has 27 heavy (non-hydrogen) atoms. The Hall–Kier alpha value is -2.57. The third kappa shape index (κ3) is 5.45. The number of methoxy groups -OCH3 is 1. The fourth-order valence-electron chi connectivity index (χ4n) is 3.19. The lowest BCUT2D eigenvalue weighted by atomic mass is 10.0. The van der Waals surface area contributed by atoms with Crippen LogP contribution >= 0.6 is 0 Å². The van der Waals surface area contributed by atoms with E-state index in [9.17, 15) is 4.79 Å². The minimum absolute atomic E-state index is 0.00817. The van der Waals surface area contributed by atoms with Crippen molar-refractivity contribution in [3.05, 3.63) is 60.2 Å². The number of carbonyl (C=O) groups is 1. The smallest absolute Gasteiger partial charge is 0.258 e. The molecule has 0 bridgehead atoms. The van der Waals surface area contributed by atoms with Gasteiger partial charge in [-0.1, -0.05) is 36.4 Å². The summed E-state index contributed by atoms with van der Waals surface area (Å²) in [4.78, 5) is 14.6. The van der Waals surface area contributed by atoms with Gasteiger partial charge in [0, 0.05) is 25.2 Å². The fourth-order valence-corrected chi connectivity index (χ4v) is 3.19. The Bertz CT molecular complexity index is 717. The summed E-state index contributed by atoms with van der Waals surface area (Å²) in [6.07, 6.45) is 0. The number of ether oxygens (including phenoxy) is 3. The SMILES string of the molecule is COc1ccccc1C(CNC(=O)COc1ccccc1)N1CCOCC1. The summed E-state index contributed by atoms with van der Waals surface area (Å²) in [5.74, 6) is 1.36. The summed E-state index contributed by atoms with van der Waals surface area (Å²) < 4.78 is 16.5. The van der Waals surface area contributed by atoms with E-state index in [1.165, 1.54) is 0 Å². The molecule has 1 fully saturated rings. The van der Waals surface area contributed by atoms with Gasteiger partial charge in [0.1, 0.15) is 11.5 Å². The van der Waals surface area contributed by atoms with E-state index in [2.05, 4.69) is 10.2 Å². The van der Waals surface area contributed by atoms with E-state index in [4.69, 9.17) is 14.2 Å². The van der Waals surface area contributed by atoms with E-state index in [0.717, 1.165) is 24.4 Å². The van der Waals surface area contributed by atoms with Crippen LogP contribution in [-0.2, 0) is 9.53 Å². The number of hydrogen-bond donors (Lipinski definition) is 1. The van der Waals surface area contributed by atoms with Crippen LogP contribution in [0.2, 0.25) is 0 Å². The first-order valence-corrected chi connectivity index (χ1v) is 9.17. The number of nitrogens with zero attached hydrogens (tertiary/aromatic N) is 1. The maximum atomic E-state index is 12.3. The summed E-state index contributed by atoms with van der Waals surface area (Å²) in [6, 6.07) is 17.3. The average Bonchev–Trinajstić information content (AvgIpc) is 2.74. The molecular formula is C21H26N2O4. The molecule has 2 aromatic rings. The first-order valence-electron chi connectivity index (χ1n) is 9.17. The van der Waals surface area contributed by atoms with Crippen LogP contribution in [0.5, 0.6) is 11.5 Å². The fraction of sp³-hybridized carbons (Fsp3) is 0.381. The van der Waals surface area contributed by atoms with Crippen molar-refractivity contribution in [2.24, 2.45) is 0 Å². The van der Waals surface area contributed by atoms with Gasteiger partial charge in [-0.3, -0.25) is 9.69 Å². The summed E-state index contributed by atoms with van der Waals surface area (Å²) in [5.41, 5.74) is 1.06. The van der Waals surface area contributed by atoms with Gasteiger partial charge in [-0.15, -0.1) is 0 Å². The lowest BCUT2D eigenvalue weighted by molar-refractivity contribution is -0.123. The monoisotopic (exact) mass is 370 g/mol. The minimum atomic E-state index is -0.146. The Morgan fingerprint density at radius 1 is 1.11 bits per heavy atom. The number of morpholine rings is 1. The lowest BCUT2D eigenvalue weighted by Gasteiger charge is -2.35. The van der Waals surface area contributed by atoms with Crippen LogP contribution in [0.4, 0.5) is 0 Å². The van der Waals surface area contributed by atoms with Crippen LogP contribution in [-0.4, -0.2) is 57.4 Å². The van der Waals surface area contributed by atoms with Crippen molar-refractivity contribution in [2.75, 3.05) is 46.6 Å². The summed E-state index contributed by atoms with van der Waals surface area (Å²) >= 11 is 0. The topological polar surface area (TPSA) is 60.0 Å². The molecule has 0 radical (unpaired) electrons. The molecule has 1 amide bonds. The van der Waals surface area contributed by atoms with Crippen LogP contribution < -0.4 is 14.8 Å². The predicted molar refractivity (Wildman–Crippen MR) is 103 cm³/mol. The van der Waals surface area contributed by atoms with E-state index in [1.54, 1.807) is 7.11 Å². The highest BCUT2D eigenvalue weighted by molar-refractivity contribution is 5.77. The van der Waals surface area contributed by atoms with Gasteiger partial charge in [0.2, 0.25) is 0 Å². The van der Waals surface area contributed by atoms with E-state index in [0.29, 0.717) is 25.5 Å². The average molecular weight is 370 g/mol. The van der Waals surface area contributed by atoms with E-state index in [1.807, 2.05) is 54.6 Å². The van der Waals surface area contributed by atoms with E-state index >= 15 is 0 Å². The van der Waals surface area contributed by atoms with Crippen molar-refractivity contribution < 1.29 is 19.0 Å². The van der Waals surface area contributed by atoms with Crippen molar-refractivity contribution >= 4 is 5.91 Å². The number of rotatable bonds is 8. The maximum Gasteiger partial charge on any atom is 0.258 e. The molecule has 0 aliphatic carbocycles. The second-order valence-electron chi connectivity index (χ2n) is 6.31. The molecule has 6 heteroatoms. The molecule has 3 rings (SSSR count). The van der Waals surface area contributed by atoms with Crippen molar-refractivity contribution in [3.63, 3.8) is 0 Å². The molecule has 0 saturated carbocycles. The quantitative estimate of drug-likeness (QED) is 0.772. The number of hydrogen-bond acceptors (Lipinski definition) is 5. The lowest BCUT2D eigenvalue weighted by Crippen LogP contribution is -2.44. The number of nitrogens with one attached hydrogen (secondary N) is 1. The molecule has 1 N–H and O–H groups in total. The van der Waals surface area contributed by atoms with Crippen molar-refractivity contribution in [1.82, 2.24) is 10.2 Å². The first kappa shape index (κ1) is 19.2. The standard InChI is InChI=1S/C21H26N2O4/c1-25-20-10-6-5-9-18(20)19(23-11-13-26-14-12-23)15-22-21(24)16-27-17-7-3-2-4-8-17/h2-10,19H,11-16H2,1H3,(H,22,24). The van der Waals surface area contributed by atoms with Gasteiger partial charge in [-0.2, -0.15) is 0 Å².